The van der Waals surface area contributed by atoms with Crippen molar-refractivity contribution >= 4 is 28.3 Å². The lowest BCUT2D eigenvalue weighted by Gasteiger charge is -2.16. The Kier molecular flexibility index (Phi) is 3.84. The number of aromatic amines is 1. The van der Waals surface area contributed by atoms with Crippen molar-refractivity contribution in [3.63, 3.8) is 0 Å². The smallest absolute Gasteiger partial charge is 0.272 e. The second-order valence-corrected chi connectivity index (χ2v) is 6.13. The molecule has 7 heteroatoms. The van der Waals surface area contributed by atoms with Crippen LogP contribution in [-0.4, -0.2) is 22.0 Å². The summed E-state index contributed by atoms with van der Waals surface area (Å²) in [7, 11) is 0. The molecule has 0 saturated carbocycles. The first-order chi connectivity index (χ1) is 12.5. The van der Waals surface area contributed by atoms with E-state index >= 15 is 0 Å². The number of imide groups is 1. The fourth-order valence-electron chi connectivity index (χ4n) is 3.18. The number of halogens is 1. The van der Waals surface area contributed by atoms with Crippen LogP contribution < -0.4 is 10.5 Å². The Balaban J connectivity index is 1.76. The average molecular weight is 351 g/mol. The number of carbonyl (C=O) groups excluding carboxylic acids is 2. The lowest BCUT2D eigenvalue weighted by atomic mass is 10.0. The van der Waals surface area contributed by atoms with E-state index in [0.717, 1.165) is 4.90 Å². The van der Waals surface area contributed by atoms with Gasteiger partial charge in [-0.3, -0.25) is 14.4 Å². The Hall–Kier alpha value is -3.35. The second kappa shape index (κ2) is 6.18. The molecule has 0 bridgehead atoms. The molecule has 0 unspecified atom stereocenters. The van der Waals surface area contributed by atoms with Crippen LogP contribution in [0.1, 0.15) is 24.1 Å². The van der Waals surface area contributed by atoms with Crippen LogP contribution >= 0.6 is 0 Å². The molecule has 0 aliphatic carbocycles. The van der Waals surface area contributed by atoms with Crippen LogP contribution in [-0.2, 0) is 16.0 Å². The number of aromatic nitrogens is 2. The number of rotatable bonds is 3. The van der Waals surface area contributed by atoms with Crippen LogP contribution in [0.15, 0.2) is 47.3 Å². The third-order valence-corrected chi connectivity index (χ3v) is 4.45. The Morgan fingerprint density at radius 3 is 2.42 bits per heavy atom. The van der Waals surface area contributed by atoms with Crippen LogP contribution in [0.4, 0.5) is 10.1 Å². The van der Waals surface area contributed by atoms with E-state index in [1.807, 2.05) is 6.07 Å². The molecule has 0 atom stereocenters. The van der Waals surface area contributed by atoms with Gasteiger partial charge in [-0.1, -0.05) is 24.3 Å². The van der Waals surface area contributed by atoms with E-state index in [0.29, 0.717) is 28.5 Å². The molecule has 1 N–H and O–H groups in total. The molecule has 1 saturated heterocycles. The Bertz CT molecular complexity index is 1090. The van der Waals surface area contributed by atoms with Crippen LogP contribution in [0.5, 0.6) is 0 Å². The Morgan fingerprint density at radius 1 is 1.00 bits per heavy atom. The SMILES string of the molecule is O=C1CCC(=O)N1c1cc(Cc2n[nH]c(=O)c3ccccc23)ccc1F. The zero-order valence-electron chi connectivity index (χ0n) is 13.7. The van der Waals surface area contributed by atoms with Crippen LogP contribution in [0, 0.1) is 5.82 Å². The maximum atomic E-state index is 14.2. The highest BCUT2D eigenvalue weighted by Crippen LogP contribution is 2.27. The summed E-state index contributed by atoms with van der Waals surface area (Å²) in [5.74, 6) is -1.44. The number of nitrogens with one attached hydrogen (secondary N) is 1. The van der Waals surface area contributed by atoms with Crippen molar-refractivity contribution in [3.05, 3.63) is 69.9 Å². The summed E-state index contributed by atoms with van der Waals surface area (Å²) in [6.07, 6.45) is 0.504. The molecule has 1 aliphatic rings. The molecule has 130 valence electrons. The minimum atomic E-state index is -0.628. The highest BCUT2D eigenvalue weighted by molar-refractivity contribution is 6.19. The predicted octanol–water partition coefficient (Wildman–Crippen LogP) is 2.31. The lowest BCUT2D eigenvalue weighted by Crippen LogP contribution is -2.29. The molecule has 2 amide bonds. The predicted molar refractivity (Wildman–Crippen MR) is 93.3 cm³/mol. The zero-order chi connectivity index (χ0) is 18.3. The van der Waals surface area contributed by atoms with E-state index in [4.69, 9.17) is 0 Å². The van der Waals surface area contributed by atoms with Crippen molar-refractivity contribution in [1.82, 2.24) is 10.2 Å². The van der Waals surface area contributed by atoms with Crippen LogP contribution in [0.2, 0.25) is 0 Å². The lowest BCUT2D eigenvalue weighted by molar-refractivity contribution is -0.121. The summed E-state index contributed by atoms with van der Waals surface area (Å²) in [6.45, 7) is 0. The standard InChI is InChI=1S/C19H14FN3O3/c20-14-6-5-11(10-16(14)23-17(24)7-8-18(23)25)9-15-12-3-1-2-4-13(12)19(26)22-21-15/h1-6,10H,7-9H2,(H,22,26). The molecule has 4 rings (SSSR count). The summed E-state index contributed by atoms with van der Waals surface area (Å²) in [5, 5.41) is 7.78. The van der Waals surface area contributed by atoms with Crippen molar-refractivity contribution in [2.45, 2.75) is 19.3 Å². The fraction of sp³-hybridized carbons (Fsp3) is 0.158. The number of hydrogen-bond donors (Lipinski definition) is 1. The van der Waals surface area contributed by atoms with E-state index in [1.165, 1.54) is 12.1 Å². The molecule has 1 aromatic heterocycles. The first-order valence-corrected chi connectivity index (χ1v) is 8.15. The highest BCUT2D eigenvalue weighted by Gasteiger charge is 2.32. The first kappa shape index (κ1) is 16.1. The van der Waals surface area contributed by atoms with Gasteiger partial charge in [-0.15, -0.1) is 0 Å². The second-order valence-electron chi connectivity index (χ2n) is 6.13. The molecule has 0 spiro atoms. The van der Waals surface area contributed by atoms with Gasteiger partial charge in [0.2, 0.25) is 11.8 Å². The Labute approximate surface area is 147 Å². The van der Waals surface area contributed by atoms with E-state index in [9.17, 15) is 18.8 Å². The van der Waals surface area contributed by atoms with Gasteiger partial charge in [-0.2, -0.15) is 5.10 Å². The third-order valence-electron chi connectivity index (χ3n) is 4.45. The van der Waals surface area contributed by atoms with E-state index in [1.54, 1.807) is 24.3 Å². The maximum absolute atomic E-state index is 14.2. The van der Waals surface area contributed by atoms with Crippen molar-refractivity contribution in [2.24, 2.45) is 0 Å². The van der Waals surface area contributed by atoms with E-state index in [-0.39, 0.29) is 24.1 Å². The summed E-state index contributed by atoms with van der Waals surface area (Å²) in [6, 6.07) is 11.4. The number of hydrogen-bond acceptors (Lipinski definition) is 4. The number of carbonyl (C=O) groups is 2. The zero-order valence-corrected chi connectivity index (χ0v) is 13.7. The summed E-state index contributed by atoms with van der Waals surface area (Å²) in [5.41, 5.74) is 0.983. The number of H-pyrrole nitrogens is 1. The number of anilines is 1. The van der Waals surface area contributed by atoms with Crippen LogP contribution in [0.3, 0.4) is 0 Å². The van der Waals surface area contributed by atoms with Gasteiger partial charge in [0.05, 0.1) is 16.8 Å². The minimum Gasteiger partial charge on any atom is -0.274 e. The summed E-state index contributed by atoms with van der Waals surface area (Å²) < 4.78 is 14.2. The number of amides is 2. The normalized spacial score (nSPS) is 14.4. The van der Waals surface area contributed by atoms with Gasteiger partial charge in [-0.25, -0.2) is 14.4 Å². The van der Waals surface area contributed by atoms with Crippen molar-refractivity contribution < 1.29 is 14.0 Å². The van der Waals surface area contributed by atoms with Gasteiger partial charge in [0.15, 0.2) is 0 Å². The molecular formula is C19H14FN3O3. The van der Waals surface area contributed by atoms with Gasteiger partial charge in [0.1, 0.15) is 5.82 Å². The largest absolute Gasteiger partial charge is 0.274 e. The molecule has 1 aliphatic heterocycles. The molecule has 6 nitrogen and oxygen atoms in total. The molecule has 26 heavy (non-hydrogen) atoms. The molecular weight excluding hydrogens is 337 g/mol. The molecule has 1 fully saturated rings. The average Bonchev–Trinajstić information content (AvgIpc) is 2.98. The number of benzene rings is 2. The van der Waals surface area contributed by atoms with Gasteiger partial charge in [0, 0.05) is 24.6 Å². The van der Waals surface area contributed by atoms with E-state index < -0.39 is 17.6 Å². The van der Waals surface area contributed by atoms with E-state index in [2.05, 4.69) is 10.2 Å². The van der Waals surface area contributed by atoms with Crippen molar-refractivity contribution in [2.75, 3.05) is 4.90 Å². The fourth-order valence-corrected chi connectivity index (χ4v) is 3.18. The van der Waals surface area contributed by atoms with Gasteiger partial charge in [0.25, 0.3) is 5.56 Å². The van der Waals surface area contributed by atoms with Crippen molar-refractivity contribution in [3.8, 4) is 0 Å². The monoisotopic (exact) mass is 351 g/mol. The number of nitrogens with zero attached hydrogens (tertiary/aromatic N) is 2. The molecule has 2 aromatic carbocycles. The molecule has 0 radical (unpaired) electrons. The summed E-state index contributed by atoms with van der Waals surface area (Å²) >= 11 is 0. The van der Waals surface area contributed by atoms with Gasteiger partial charge >= 0.3 is 0 Å². The van der Waals surface area contributed by atoms with Crippen LogP contribution in [0.25, 0.3) is 10.8 Å². The topological polar surface area (TPSA) is 83.1 Å². The quantitative estimate of drug-likeness (QED) is 0.734. The third kappa shape index (κ3) is 2.67. The molecule has 3 aromatic rings. The summed E-state index contributed by atoms with van der Waals surface area (Å²) in [4.78, 5) is 36.6. The van der Waals surface area contributed by atoms with Gasteiger partial charge < -0.3 is 0 Å². The molecule has 2 heterocycles. The Morgan fingerprint density at radius 2 is 1.69 bits per heavy atom. The maximum Gasteiger partial charge on any atom is 0.272 e. The first-order valence-electron chi connectivity index (χ1n) is 8.15. The number of fused-ring (bicyclic) bond motifs is 1. The van der Waals surface area contributed by atoms with Gasteiger partial charge in [-0.05, 0) is 23.8 Å². The highest BCUT2D eigenvalue weighted by atomic mass is 19.1. The minimum absolute atomic E-state index is 0.0382. The van der Waals surface area contributed by atoms with Crippen molar-refractivity contribution in [1.29, 1.82) is 0 Å².